The van der Waals surface area contributed by atoms with Gasteiger partial charge in [0.15, 0.2) is 11.7 Å². The molecule has 7 atom stereocenters. The molecule has 0 unspecified atom stereocenters. The number of morpholine rings is 1. The van der Waals surface area contributed by atoms with Gasteiger partial charge < -0.3 is 50.1 Å². The first kappa shape index (κ1) is 50.0. The van der Waals surface area contributed by atoms with Crippen LogP contribution in [0.2, 0.25) is 0 Å². The maximum absolute atomic E-state index is 15.5. The molecule has 4 aliphatic rings. The average Bonchev–Trinajstić information content (AvgIpc) is 3.85. The summed E-state index contributed by atoms with van der Waals surface area (Å²) in [5.41, 5.74) is 2.51. The summed E-state index contributed by atoms with van der Waals surface area (Å²) < 4.78 is 11.6. The van der Waals surface area contributed by atoms with Gasteiger partial charge in [-0.05, 0) is 73.6 Å². The first-order valence-electron chi connectivity index (χ1n) is 23.6. The van der Waals surface area contributed by atoms with E-state index in [0.29, 0.717) is 51.3 Å². The summed E-state index contributed by atoms with van der Waals surface area (Å²) in [6, 6.07) is 11.0. The molecule has 1 aromatic heterocycles. The lowest BCUT2D eigenvalue weighted by Gasteiger charge is -2.41. The van der Waals surface area contributed by atoms with Crippen molar-refractivity contribution in [2.45, 2.75) is 88.3 Å². The Bertz CT molecular complexity index is 2390. The van der Waals surface area contributed by atoms with Crippen molar-refractivity contribution in [3.05, 3.63) is 101 Å². The molecule has 3 saturated heterocycles. The molecular weight excluding hydrogens is 887 g/mol. The SMILES string of the molecule is CC[C@H]1NC(=O)[C@@H](NC(=O)c2ncccc2O)[C@@H](C)OC(=O)[C@H](c2ccccc2)NC(=O)[C@@H]2CC=C(CN3CCOCC3)CN2C(=O)[C@H](Cc2ccc(N(C)C)cc2)N(C)C(=O)[C@@H]2CCCN2C1=O. The predicted molar refractivity (Wildman–Crippen MR) is 253 cm³/mol. The van der Waals surface area contributed by atoms with Gasteiger partial charge in [0, 0.05) is 72.2 Å². The summed E-state index contributed by atoms with van der Waals surface area (Å²) >= 11 is 0. The molecule has 19 nitrogen and oxygen atoms in total. The van der Waals surface area contributed by atoms with E-state index in [-0.39, 0.29) is 32.4 Å². The second kappa shape index (κ2) is 22.5. The fourth-order valence-electron chi connectivity index (χ4n) is 9.31. The number of aromatic nitrogens is 1. The number of amides is 6. The van der Waals surface area contributed by atoms with E-state index in [1.54, 1.807) is 44.3 Å². The summed E-state index contributed by atoms with van der Waals surface area (Å²) in [7, 11) is 5.38. The number of hydrogen-bond acceptors (Lipinski definition) is 13. The topological polar surface area (TPSA) is 223 Å². The van der Waals surface area contributed by atoms with Crippen LogP contribution in [0.15, 0.2) is 84.6 Å². The van der Waals surface area contributed by atoms with Gasteiger partial charge in [-0.25, -0.2) is 9.78 Å². The lowest BCUT2D eigenvalue weighted by molar-refractivity contribution is -0.156. The quantitative estimate of drug-likeness (QED) is 0.177. The minimum Gasteiger partial charge on any atom is -0.505 e. The number of carbonyl (C=O) groups is 7. The number of fused-ring (bicyclic) bond motifs is 2. The van der Waals surface area contributed by atoms with Crippen molar-refractivity contribution >= 4 is 47.1 Å². The summed E-state index contributed by atoms with van der Waals surface area (Å²) in [5.74, 6) is -5.53. The van der Waals surface area contributed by atoms with Crippen molar-refractivity contribution in [2.24, 2.45) is 0 Å². The van der Waals surface area contributed by atoms with Gasteiger partial charge in [-0.2, -0.15) is 0 Å². The molecule has 19 heteroatoms. The van der Waals surface area contributed by atoms with Crippen LogP contribution in [-0.4, -0.2) is 174 Å². The van der Waals surface area contributed by atoms with Crippen LogP contribution >= 0.6 is 0 Å². The normalized spacial score (nSPS) is 25.8. The molecule has 0 aliphatic carbocycles. The first-order valence-corrected chi connectivity index (χ1v) is 23.6. The number of anilines is 1. The van der Waals surface area contributed by atoms with Gasteiger partial charge in [-0.3, -0.25) is 33.7 Å². The van der Waals surface area contributed by atoms with Crippen LogP contribution in [0.1, 0.15) is 67.2 Å². The Morgan fingerprint density at radius 2 is 1.59 bits per heavy atom. The smallest absolute Gasteiger partial charge is 0.333 e. The molecular formula is C50H63N9O10. The average molecular weight is 950 g/mol. The van der Waals surface area contributed by atoms with Gasteiger partial charge in [0.25, 0.3) is 5.91 Å². The number of nitrogens with zero attached hydrogens (tertiary/aromatic N) is 6. The Labute approximate surface area is 402 Å². The zero-order valence-corrected chi connectivity index (χ0v) is 39.8. The Kier molecular flexibility index (Phi) is 16.3. The van der Waals surface area contributed by atoms with Gasteiger partial charge in [-0.15, -0.1) is 0 Å². The Morgan fingerprint density at radius 1 is 0.870 bits per heavy atom. The number of benzene rings is 2. The number of likely N-dealkylation sites (N-methyl/N-ethyl adjacent to an activating group) is 1. The molecule has 2 aromatic carbocycles. The first-order chi connectivity index (χ1) is 33.1. The second-order valence-electron chi connectivity index (χ2n) is 18.2. The van der Waals surface area contributed by atoms with Crippen molar-refractivity contribution in [1.82, 2.24) is 40.5 Å². The van der Waals surface area contributed by atoms with Crippen LogP contribution in [0.4, 0.5) is 5.69 Å². The van der Waals surface area contributed by atoms with Crippen LogP contribution in [0.25, 0.3) is 0 Å². The van der Waals surface area contributed by atoms with Crippen molar-refractivity contribution in [3.63, 3.8) is 0 Å². The lowest BCUT2D eigenvalue weighted by Crippen LogP contribution is -2.61. The standard InChI is InChI=1S/C50H63N9O10/c1-6-36-47(64)58-23-11-14-38(58)48(65)56(5)39(28-32-16-19-35(20-17-32)55(3)4)49(66)59-30-33(29-57-24-26-68-27-25-57)18-21-37(59)44(61)54-42(34-12-8-7-9-13-34)50(67)69-31(2)41(45(62)52-36)53-46(63)43-40(60)15-10-22-51-43/h7-10,12-13,15-20,22,31,36-39,41-42,60H,6,11,14,21,23-30H2,1-5H3,(H,52,62)(H,53,63)(H,54,61)/t31-,36-,37+,38+,39+,41+,42+/m1/s1. The molecule has 0 spiro atoms. The molecule has 4 N–H and O–H groups in total. The number of rotatable bonds is 9. The minimum absolute atomic E-state index is 0.0526. The highest BCUT2D eigenvalue weighted by molar-refractivity contribution is 6.00. The minimum atomic E-state index is -1.66. The zero-order chi connectivity index (χ0) is 49.4. The third-order valence-corrected chi connectivity index (χ3v) is 13.3. The van der Waals surface area contributed by atoms with E-state index in [2.05, 4.69) is 25.8 Å². The van der Waals surface area contributed by atoms with Gasteiger partial charge in [0.05, 0.1) is 13.2 Å². The molecule has 6 amide bonds. The number of nitrogens with one attached hydrogen (secondary N) is 3. The van der Waals surface area contributed by atoms with Crippen molar-refractivity contribution in [2.75, 3.05) is 72.0 Å². The number of cyclic esters (lactones) is 1. The van der Waals surface area contributed by atoms with E-state index < -0.39 is 95.2 Å². The number of esters is 1. The van der Waals surface area contributed by atoms with Gasteiger partial charge >= 0.3 is 5.97 Å². The molecule has 7 rings (SSSR count). The molecule has 5 heterocycles. The van der Waals surface area contributed by atoms with Crippen LogP contribution < -0.4 is 20.9 Å². The van der Waals surface area contributed by atoms with Crippen LogP contribution in [0, 0.1) is 0 Å². The Hall–Kier alpha value is -6.86. The Balaban J connectivity index is 1.31. The predicted octanol–water partition coefficient (Wildman–Crippen LogP) is 1.57. The van der Waals surface area contributed by atoms with Crippen LogP contribution in [0.3, 0.4) is 0 Å². The number of pyridine rings is 1. The highest BCUT2D eigenvalue weighted by Crippen LogP contribution is 2.28. The van der Waals surface area contributed by atoms with Crippen molar-refractivity contribution in [1.29, 1.82) is 0 Å². The molecule has 69 heavy (non-hydrogen) atoms. The summed E-state index contributed by atoms with van der Waals surface area (Å²) in [5, 5.41) is 18.6. The van der Waals surface area contributed by atoms with E-state index >= 15 is 4.79 Å². The highest BCUT2D eigenvalue weighted by atomic mass is 16.5. The van der Waals surface area contributed by atoms with Crippen LogP contribution in [-0.2, 0) is 44.7 Å². The van der Waals surface area contributed by atoms with E-state index in [1.807, 2.05) is 49.3 Å². The van der Waals surface area contributed by atoms with Crippen LogP contribution in [0.5, 0.6) is 5.75 Å². The fourth-order valence-corrected chi connectivity index (χ4v) is 9.31. The van der Waals surface area contributed by atoms with Crippen molar-refractivity contribution in [3.8, 4) is 5.75 Å². The van der Waals surface area contributed by atoms with E-state index in [9.17, 15) is 33.9 Å². The zero-order valence-electron chi connectivity index (χ0n) is 39.8. The monoisotopic (exact) mass is 949 g/mol. The molecule has 368 valence electrons. The third kappa shape index (κ3) is 11.7. The summed E-state index contributed by atoms with van der Waals surface area (Å²) in [4.78, 5) is 115. The van der Waals surface area contributed by atoms with E-state index in [0.717, 1.165) is 16.8 Å². The maximum atomic E-state index is 15.5. The number of ether oxygens (including phenoxy) is 2. The van der Waals surface area contributed by atoms with E-state index in [1.165, 1.54) is 40.0 Å². The second-order valence-corrected chi connectivity index (χ2v) is 18.2. The fraction of sp³-hybridized carbons (Fsp3) is 0.480. The molecule has 0 radical (unpaired) electrons. The number of hydrogen-bond donors (Lipinski definition) is 4. The number of carbonyl (C=O) groups excluding carboxylic acids is 7. The largest absolute Gasteiger partial charge is 0.505 e. The number of aromatic hydroxyl groups is 1. The van der Waals surface area contributed by atoms with Gasteiger partial charge in [-0.1, -0.05) is 55.5 Å². The summed E-state index contributed by atoms with van der Waals surface area (Å²) in [6.07, 6.45) is 2.79. The highest BCUT2D eigenvalue weighted by Gasteiger charge is 2.45. The molecule has 3 fully saturated rings. The molecule has 4 aliphatic heterocycles. The van der Waals surface area contributed by atoms with Crippen molar-refractivity contribution < 1.29 is 48.1 Å². The molecule has 0 saturated carbocycles. The van der Waals surface area contributed by atoms with E-state index in [4.69, 9.17) is 9.47 Å². The maximum Gasteiger partial charge on any atom is 0.333 e. The lowest BCUT2D eigenvalue weighted by atomic mass is 9.96. The third-order valence-electron chi connectivity index (χ3n) is 13.3. The Morgan fingerprint density at radius 3 is 2.28 bits per heavy atom. The van der Waals surface area contributed by atoms with Gasteiger partial charge in [0.1, 0.15) is 42.1 Å². The molecule has 0 bridgehead atoms. The molecule has 3 aromatic rings. The van der Waals surface area contributed by atoms with Gasteiger partial charge in [0.2, 0.25) is 29.5 Å². The summed E-state index contributed by atoms with van der Waals surface area (Å²) in [6.45, 7) is 6.30.